The van der Waals surface area contributed by atoms with Crippen molar-refractivity contribution < 1.29 is 9.59 Å². The Morgan fingerprint density at radius 2 is 1.85 bits per heavy atom. The second kappa shape index (κ2) is 10.6. The topological polar surface area (TPSA) is 77.2 Å². The van der Waals surface area contributed by atoms with Crippen LogP contribution in [0.2, 0.25) is 0 Å². The summed E-state index contributed by atoms with van der Waals surface area (Å²) in [7, 11) is 4.09. The molecule has 2 aromatic rings. The minimum atomic E-state index is -0.534. The molecule has 6 nitrogen and oxygen atoms in total. The van der Waals surface area contributed by atoms with Crippen LogP contribution in [0.25, 0.3) is 6.08 Å². The number of nitrogens with zero attached hydrogens (tertiary/aromatic N) is 1. The molecule has 3 N–H and O–H groups in total. The highest BCUT2D eigenvalue weighted by atomic mass is 16.2. The maximum absolute atomic E-state index is 13.2. The monoisotopic (exact) mass is 462 g/mol. The molecule has 1 fully saturated rings. The first-order chi connectivity index (χ1) is 16.3. The molecule has 1 saturated carbocycles. The largest absolute Gasteiger partial charge is 0.353 e. The van der Waals surface area contributed by atoms with E-state index in [-0.39, 0.29) is 11.8 Å². The minimum Gasteiger partial charge on any atom is -0.353 e. The van der Waals surface area contributed by atoms with Crippen molar-refractivity contribution in [3.05, 3.63) is 64.0 Å². The fourth-order valence-corrected chi connectivity index (χ4v) is 4.72. The maximum atomic E-state index is 13.2. The Morgan fingerprint density at radius 3 is 2.50 bits per heavy atom. The molecule has 0 spiro atoms. The predicted molar refractivity (Wildman–Crippen MR) is 136 cm³/mol. The quantitative estimate of drug-likeness (QED) is 0.486. The molecule has 0 aliphatic heterocycles. The van der Waals surface area contributed by atoms with Crippen molar-refractivity contribution in [2.45, 2.75) is 71.0 Å². The van der Waals surface area contributed by atoms with E-state index in [4.69, 9.17) is 0 Å². The van der Waals surface area contributed by atoms with Crippen molar-refractivity contribution in [1.29, 1.82) is 0 Å². The lowest BCUT2D eigenvalue weighted by Crippen LogP contribution is -2.46. The van der Waals surface area contributed by atoms with E-state index in [1.54, 1.807) is 0 Å². The summed E-state index contributed by atoms with van der Waals surface area (Å²) in [6, 6.07) is 7.77. The molecule has 2 atom stereocenters. The molecule has 182 valence electrons. The maximum Gasteiger partial charge on any atom is 0.268 e. The standard InChI is InChI=1S/C28H38N4O2/c1-18-6-5-7-23-19(2)26(31-25(18)23)28(34)30-24(15-14-20-8-9-20)27(33)29-16-21-10-12-22(13-11-21)17-32(3)4/h5,7,10-13,18,20,24,31H,6,8-9,14-17H2,1-4H3,(H,29,33)(H,30,34). The first kappa shape index (κ1) is 24.3. The summed E-state index contributed by atoms with van der Waals surface area (Å²) >= 11 is 0. The van der Waals surface area contributed by atoms with Gasteiger partial charge < -0.3 is 20.5 Å². The fraction of sp³-hybridized carbons (Fsp3) is 0.500. The predicted octanol–water partition coefficient (Wildman–Crippen LogP) is 4.51. The summed E-state index contributed by atoms with van der Waals surface area (Å²) in [5, 5.41) is 6.08. The van der Waals surface area contributed by atoms with Gasteiger partial charge in [-0.25, -0.2) is 0 Å². The van der Waals surface area contributed by atoms with Gasteiger partial charge in [-0.1, -0.05) is 56.2 Å². The summed E-state index contributed by atoms with van der Waals surface area (Å²) < 4.78 is 0. The number of carbonyl (C=O) groups is 2. The van der Waals surface area contributed by atoms with Gasteiger partial charge >= 0.3 is 0 Å². The number of carbonyl (C=O) groups excluding carboxylic acids is 2. The van der Waals surface area contributed by atoms with Crippen LogP contribution in [0.5, 0.6) is 0 Å². The van der Waals surface area contributed by atoms with Gasteiger partial charge in [0.05, 0.1) is 0 Å². The Balaban J connectivity index is 1.40. The lowest BCUT2D eigenvalue weighted by Gasteiger charge is -2.19. The molecule has 2 unspecified atom stereocenters. The molecule has 6 heteroatoms. The summed E-state index contributed by atoms with van der Waals surface area (Å²) in [5.41, 5.74) is 6.04. The second-order valence-corrected chi connectivity index (χ2v) is 10.3. The molecular weight excluding hydrogens is 424 g/mol. The molecule has 2 amide bonds. The van der Waals surface area contributed by atoms with Crippen molar-refractivity contribution in [2.75, 3.05) is 14.1 Å². The van der Waals surface area contributed by atoms with Crippen LogP contribution in [-0.2, 0) is 17.9 Å². The number of fused-ring (bicyclic) bond motifs is 1. The zero-order valence-electron chi connectivity index (χ0n) is 20.9. The molecule has 2 aliphatic carbocycles. The SMILES string of the molecule is Cc1c(C(=O)NC(CCC2CC2)C(=O)NCc2ccc(CN(C)C)cc2)[nH]c2c1C=CCC2C. The van der Waals surface area contributed by atoms with Crippen molar-refractivity contribution >= 4 is 17.9 Å². The van der Waals surface area contributed by atoms with Crippen LogP contribution in [0.15, 0.2) is 30.3 Å². The molecule has 0 radical (unpaired) electrons. The van der Waals surface area contributed by atoms with E-state index in [1.165, 1.54) is 18.4 Å². The van der Waals surface area contributed by atoms with Gasteiger partial charge in [0, 0.05) is 24.7 Å². The third-order valence-electron chi connectivity index (χ3n) is 6.99. The van der Waals surface area contributed by atoms with Crippen molar-refractivity contribution in [1.82, 2.24) is 20.5 Å². The number of nitrogens with one attached hydrogen (secondary N) is 3. The Morgan fingerprint density at radius 1 is 1.15 bits per heavy atom. The van der Waals surface area contributed by atoms with E-state index in [2.05, 4.69) is 63.9 Å². The Hall–Kier alpha value is -2.86. The van der Waals surface area contributed by atoms with E-state index >= 15 is 0 Å². The van der Waals surface area contributed by atoms with Crippen LogP contribution in [0.3, 0.4) is 0 Å². The van der Waals surface area contributed by atoms with Gasteiger partial charge in [0.2, 0.25) is 5.91 Å². The molecule has 4 rings (SSSR count). The summed E-state index contributed by atoms with van der Waals surface area (Å²) in [4.78, 5) is 31.8. The van der Waals surface area contributed by atoms with Crippen molar-refractivity contribution in [3.63, 3.8) is 0 Å². The Labute approximate surface area is 203 Å². The lowest BCUT2D eigenvalue weighted by molar-refractivity contribution is -0.123. The number of allylic oxidation sites excluding steroid dienone is 1. The van der Waals surface area contributed by atoms with Gasteiger partial charge in [-0.15, -0.1) is 0 Å². The normalized spacial score (nSPS) is 18.0. The first-order valence-corrected chi connectivity index (χ1v) is 12.5. The highest BCUT2D eigenvalue weighted by Crippen LogP contribution is 2.34. The van der Waals surface area contributed by atoms with E-state index in [9.17, 15) is 9.59 Å². The molecule has 0 saturated heterocycles. The van der Waals surface area contributed by atoms with Crippen LogP contribution in [0.4, 0.5) is 0 Å². The average molecular weight is 463 g/mol. The highest BCUT2D eigenvalue weighted by molar-refractivity contribution is 5.98. The van der Waals surface area contributed by atoms with Crippen LogP contribution in [0, 0.1) is 12.8 Å². The number of hydrogen-bond acceptors (Lipinski definition) is 3. The molecule has 0 bridgehead atoms. The van der Waals surface area contributed by atoms with E-state index in [0.717, 1.165) is 41.8 Å². The number of amides is 2. The molecule has 1 aromatic carbocycles. The fourth-order valence-electron chi connectivity index (χ4n) is 4.72. The number of rotatable bonds is 10. The zero-order valence-corrected chi connectivity index (χ0v) is 20.9. The summed E-state index contributed by atoms with van der Waals surface area (Å²) in [5.74, 6) is 0.741. The lowest BCUT2D eigenvalue weighted by atomic mass is 9.93. The smallest absolute Gasteiger partial charge is 0.268 e. The van der Waals surface area contributed by atoms with Crippen LogP contribution >= 0.6 is 0 Å². The van der Waals surface area contributed by atoms with Crippen LogP contribution in [-0.4, -0.2) is 41.8 Å². The zero-order chi connectivity index (χ0) is 24.2. The molecular formula is C28H38N4O2. The number of hydrogen-bond donors (Lipinski definition) is 3. The van der Waals surface area contributed by atoms with Crippen molar-refractivity contribution in [3.8, 4) is 0 Å². The third-order valence-corrected chi connectivity index (χ3v) is 6.99. The molecule has 1 heterocycles. The Bertz CT molecular complexity index is 1050. The highest BCUT2D eigenvalue weighted by Gasteiger charge is 2.29. The van der Waals surface area contributed by atoms with Gasteiger partial charge in [0.15, 0.2) is 0 Å². The van der Waals surface area contributed by atoms with E-state index in [1.807, 2.05) is 21.0 Å². The summed E-state index contributed by atoms with van der Waals surface area (Å²) in [6.45, 7) is 5.48. The average Bonchev–Trinajstić information content (AvgIpc) is 3.57. The minimum absolute atomic E-state index is 0.117. The van der Waals surface area contributed by atoms with Gasteiger partial charge in [-0.05, 0) is 68.5 Å². The Kier molecular flexibility index (Phi) is 7.57. The summed E-state index contributed by atoms with van der Waals surface area (Å²) in [6.07, 6.45) is 9.32. The van der Waals surface area contributed by atoms with E-state index < -0.39 is 6.04 Å². The van der Waals surface area contributed by atoms with Gasteiger partial charge in [0.25, 0.3) is 5.91 Å². The van der Waals surface area contributed by atoms with Crippen LogP contribution < -0.4 is 10.6 Å². The molecule has 34 heavy (non-hydrogen) atoms. The van der Waals surface area contributed by atoms with Crippen molar-refractivity contribution in [2.24, 2.45) is 5.92 Å². The third kappa shape index (κ3) is 5.98. The first-order valence-electron chi connectivity index (χ1n) is 12.5. The molecule has 2 aliphatic rings. The van der Waals surface area contributed by atoms with Gasteiger partial charge in [-0.3, -0.25) is 9.59 Å². The number of H-pyrrole nitrogens is 1. The van der Waals surface area contributed by atoms with E-state index in [0.29, 0.717) is 30.5 Å². The number of benzene rings is 1. The van der Waals surface area contributed by atoms with Gasteiger partial charge in [-0.2, -0.15) is 0 Å². The van der Waals surface area contributed by atoms with Crippen LogP contribution in [0.1, 0.15) is 83.4 Å². The molecule has 1 aromatic heterocycles. The van der Waals surface area contributed by atoms with Gasteiger partial charge in [0.1, 0.15) is 11.7 Å². The number of aromatic amines is 1. The number of aromatic nitrogens is 1. The second-order valence-electron chi connectivity index (χ2n) is 10.3.